The molecule has 6 heteroatoms. The van der Waals surface area contributed by atoms with Gasteiger partial charge in [0.15, 0.2) is 0 Å². The predicted molar refractivity (Wildman–Crippen MR) is 104 cm³/mol. The molecule has 0 bridgehead atoms. The average Bonchev–Trinajstić information content (AvgIpc) is 2.60. The summed E-state index contributed by atoms with van der Waals surface area (Å²) in [6.45, 7) is 3.84. The third-order valence-corrected chi connectivity index (χ3v) is 3.81. The second kappa shape index (κ2) is 9.68. The smallest absolute Gasteiger partial charge is 0.319 e. The van der Waals surface area contributed by atoms with E-state index in [4.69, 9.17) is 9.47 Å². The molecule has 2 rings (SSSR count). The molecule has 0 radical (unpaired) electrons. The second-order valence-corrected chi connectivity index (χ2v) is 6.29. The summed E-state index contributed by atoms with van der Waals surface area (Å²) in [5.41, 5.74) is 2.67. The van der Waals surface area contributed by atoms with Crippen LogP contribution < -0.4 is 20.1 Å². The minimum Gasteiger partial charge on any atom is -0.496 e. The summed E-state index contributed by atoms with van der Waals surface area (Å²) in [6.07, 6.45) is 0. The number of aryl methyl sites for hydroxylation is 1. The number of urea groups is 1. The second-order valence-electron chi connectivity index (χ2n) is 6.29. The van der Waals surface area contributed by atoms with Crippen molar-refractivity contribution in [3.05, 3.63) is 53.6 Å². The summed E-state index contributed by atoms with van der Waals surface area (Å²) in [5.74, 6) is 1.60. The highest BCUT2D eigenvalue weighted by molar-refractivity contribution is 5.89. The molecule has 0 aromatic heterocycles. The van der Waals surface area contributed by atoms with Crippen LogP contribution in [-0.4, -0.2) is 45.3 Å². The van der Waals surface area contributed by atoms with Crippen LogP contribution in [0.25, 0.3) is 0 Å². The van der Waals surface area contributed by atoms with Crippen LogP contribution in [0, 0.1) is 6.92 Å². The average molecular weight is 357 g/mol. The van der Waals surface area contributed by atoms with E-state index in [1.807, 2.05) is 63.5 Å². The molecule has 140 valence electrons. The number of benzene rings is 2. The molecule has 0 fully saturated rings. The number of methoxy groups -OCH3 is 1. The molecule has 0 aliphatic carbocycles. The first-order chi connectivity index (χ1) is 12.5. The Morgan fingerprint density at radius 2 is 1.96 bits per heavy atom. The van der Waals surface area contributed by atoms with Gasteiger partial charge in [-0.25, -0.2) is 4.79 Å². The van der Waals surface area contributed by atoms with Gasteiger partial charge in [0, 0.05) is 18.8 Å². The molecule has 0 aliphatic heterocycles. The lowest BCUT2D eigenvalue weighted by molar-refractivity contribution is 0.251. The zero-order chi connectivity index (χ0) is 18.9. The molecule has 0 spiro atoms. The van der Waals surface area contributed by atoms with Crippen molar-refractivity contribution in [2.24, 2.45) is 0 Å². The molecule has 2 aromatic carbocycles. The molecule has 0 atom stereocenters. The van der Waals surface area contributed by atoms with Crippen LogP contribution >= 0.6 is 0 Å². The number of nitrogens with zero attached hydrogens (tertiary/aromatic N) is 1. The number of ether oxygens (including phenoxy) is 2. The van der Waals surface area contributed by atoms with Gasteiger partial charge in [-0.3, -0.25) is 0 Å². The minimum absolute atomic E-state index is 0.256. The van der Waals surface area contributed by atoms with Crippen molar-refractivity contribution in [2.75, 3.05) is 39.7 Å². The van der Waals surface area contributed by atoms with Crippen molar-refractivity contribution in [1.29, 1.82) is 0 Å². The number of carbonyl (C=O) groups excluding carboxylic acids is 1. The first-order valence-corrected chi connectivity index (χ1v) is 8.54. The van der Waals surface area contributed by atoms with Gasteiger partial charge in [0.2, 0.25) is 0 Å². The van der Waals surface area contributed by atoms with Crippen LogP contribution in [-0.2, 0) is 6.54 Å². The Bertz CT molecular complexity index is 732. The van der Waals surface area contributed by atoms with E-state index >= 15 is 0 Å². The van der Waals surface area contributed by atoms with E-state index in [2.05, 4.69) is 15.5 Å². The lowest BCUT2D eigenvalue weighted by Crippen LogP contribution is -2.28. The Morgan fingerprint density at radius 3 is 2.65 bits per heavy atom. The molecule has 2 N–H and O–H groups in total. The Labute approximate surface area is 155 Å². The molecule has 0 saturated heterocycles. The molecule has 0 heterocycles. The van der Waals surface area contributed by atoms with Crippen LogP contribution in [0.3, 0.4) is 0 Å². The summed E-state index contributed by atoms with van der Waals surface area (Å²) in [5, 5.41) is 5.68. The highest BCUT2D eigenvalue weighted by atomic mass is 16.5. The molecule has 2 aromatic rings. The molecule has 26 heavy (non-hydrogen) atoms. The van der Waals surface area contributed by atoms with Gasteiger partial charge in [0.1, 0.15) is 18.1 Å². The van der Waals surface area contributed by atoms with Gasteiger partial charge in [0.05, 0.1) is 7.11 Å². The summed E-state index contributed by atoms with van der Waals surface area (Å²) >= 11 is 0. The maximum atomic E-state index is 12.1. The number of hydrogen-bond donors (Lipinski definition) is 2. The molecule has 0 aliphatic rings. The lowest BCUT2D eigenvalue weighted by atomic mass is 10.2. The fourth-order valence-electron chi connectivity index (χ4n) is 2.41. The maximum absolute atomic E-state index is 12.1. The normalized spacial score (nSPS) is 10.5. The summed E-state index contributed by atoms with van der Waals surface area (Å²) in [7, 11) is 5.64. The predicted octanol–water partition coefficient (Wildman–Crippen LogP) is 3.27. The topological polar surface area (TPSA) is 62.8 Å². The first-order valence-electron chi connectivity index (χ1n) is 8.54. The van der Waals surface area contributed by atoms with Crippen molar-refractivity contribution in [3.8, 4) is 11.5 Å². The SMILES string of the molecule is COc1ccc(NC(=O)NCc2cccc(OCCN(C)C)c2)cc1C. The van der Waals surface area contributed by atoms with Crippen LogP contribution in [0.5, 0.6) is 11.5 Å². The Morgan fingerprint density at radius 1 is 1.15 bits per heavy atom. The highest BCUT2D eigenvalue weighted by Crippen LogP contribution is 2.21. The summed E-state index contributed by atoms with van der Waals surface area (Å²) in [4.78, 5) is 14.2. The van der Waals surface area contributed by atoms with Crippen molar-refractivity contribution in [3.63, 3.8) is 0 Å². The van der Waals surface area contributed by atoms with E-state index in [0.717, 1.165) is 34.9 Å². The van der Waals surface area contributed by atoms with Gasteiger partial charge in [-0.05, 0) is 62.5 Å². The van der Waals surface area contributed by atoms with Crippen molar-refractivity contribution in [2.45, 2.75) is 13.5 Å². The zero-order valence-corrected chi connectivity index (χ0v) is 15.8. The van der Waals surface area contributed by atoms with Gasteiger partial charge >= 0.3 is 6.03 Å². The molecule has 6 nitrogen and oxygen atoms in total. The number of carbonyl (C=O) groups is 1. The van der Waals surface area contributed by atoms with E-state index in [1.54, 1.807) is 7.11 Å². The fourth-order valence-corrected chi connectivity index (χ4v) is 2.41. The monoisotopic (exact) mass is 357 g/mol. The number of amides is 2. The number of likely N-dealkylation sites (N-methyl/N-ethyl adjacent to an activating group) is 1. The first kappa shape index (κ1) is 19.6. The number of nitrogens with one attached hydrogen (secondary N) is 2. The minimum atomic E-state index is -0.256. The third-order valence-electron chi connectivity index (χ3n) is 3.81. The summed E-state index contributed by atoms with van der Waals surface area (Å²) in [6, 6.07) is 13.0. The highest BCUT2D eigenvalue weighted by Gasteiger charge is 2.05. The van der Waals surface area contributed by atoms with Crippen molar-refractivity contribution in [1.82, 2.24) is 10.2 Å². The van der Waals surface area contributed by atoms with E-state index in [9.17, 15) is 4.79 Å². The van der Waals surface area contributed by atoms with Gasteiger partial charge in [0.25, 0.3) is 0 Å². The standard InChI is InChI=1S/C20H27N3O3/c1-15-12-17(8-9-19(15)25-4)22-20(24)21-14-16-6-5-7-18(13-16)26-11-10-23(2)3/h5-9,12-13H,10-11,14H2,1-4H3,(H2,21,22,24). The quantitative estimate of drug-likeness (QED) is 0.761. The number of anilines is 1. The van der Waals surface area contributed by atoms with Gasteiger partial charge < -0.3 is 25.0 Å². The van der Waals surface area contributed by atoms with E-state index in [0.29, 0.717) is 13.2 Å². The van der Waals surface area contributed by atoms with Crippen LogP contribution in [0.4, 0.5) is 10.5 Å². The molecule has 2 amide bonds. The molecule has 0 saturated carbocycles. The van der Waals surface area contributed by atoms with Crippen molar-refractivity contribution >= 4 is 11.7 Å². The van der Waals surface area contributed by atoms with E-state index in [-0.39, 0.29) is 6.03 Å². The maximum Gasteiger partial charge on any atom is 0.319 e. The van der Waals surface area contributed by atoms with E-state index < -0.39 is 0 Å². The Balaban J connectivity index is 1.84. The van der Waals surface area contributed by atoms with Gasteiger partial charge in [-0.1, -0.05) is 12.1 Å². The van der Waals surface area contributed by atoms with Crippen molar-refractivity contribution < 1.29 is 14.3 Å². The van der Waals surface area contributed by atoms with Crippen LogP contribution in [0.2, 0.25) is 0 Å². The van der Waals surface area contributed by atoms with Crippen LogP contribution in [0.1, 0.15) is 11.1 Å². The van der Waals surface area contributed by atoms with E-state index in [1.165, 1.54) is 0 Å². The fraction of sp³-hybridized carbons (Fsp3) is 0.350. The third kappa shape index (κ3) is 6.29. The van der Waals surface area contributed by atoms with Gasteiger partial charge in [-0.2, -0.15) is 0 Å². The number of rotatable bonds is 8. The Kier molecular flexibility index (Phi) is 7.29. The number of hydrogen-bond acceptors (Lipinski definition) is 4. The largest absolute Gasteiger partial charge is 0.496 e. The Hall–Kier alpha value is -2.73. The molecular formula is C20H27N3O3. The van der Waals surface area contributed by atoms with Crippen LogP contribution in [0.15, 0.2) is 42.5 Å². The lowest BCUT2D eigenvalue weighted by Gasteiger charge is -2.12. The summed E-state index contributed by atoms with van der Waals surface area (Å²) < 4.78 is 10.9. The molecule has 0 unspecified atom stereocenters. The zero-order valence-electron chi connectivity index (χ0n) is 15.8. The molecular weight excluding hydrogens is 330 g/mol. The van der Waals surface area contributed by atoms with Gasteiger partial charge in [-0.15, -0.1) is 0 Å².